The van der Waals surface area contributed by atoms with Crippen molar-refractivity contribution in [2.24, 2.45) is 5.92 Å². The average molecular weight is 185 g/mol. The average Bonchev–Trinajstić information content (AvgIpc) is 2.82. The van der Waals surface area contributed by atoms with Gasteiger partial charge in [-0.25, -0.2) is 0 Å². The molecule has 0 bridgehead atoms. The Balaban J connectivity index is 2.41. The molecule has 1 fully saturated rings. The summed E-state index contributed by atoms with van der Waals surface area (Å²) in [5.74, 6) is 0.681. The number of hydrogen-bond acceptors (Lipinski definition) is 2. The van der Waals surface area contributed by atoms with Crippen LogP contribution in [0.2, 0.25) is 0 Å². The molecule has 0 aromatic rings. The third-order valence-electron chi connectivity index (χ3n) is 2.14. The summed E-state index contributed by atoms with van der Waals surface area (Å²) >= 11 is 0. The quantitative estimate of drug-likeness (QED) is 0.645. The van der Waals surface area contributed by atoms with Crippen LogP contribution < -0.4 is 0 Å². The van der Waals surface area contributed by atoms with E-state index in [1.54, 1.807) is 7.11 Å². The Morgan fingerprint density at radius 3 is 2.54 bits per heavy atom. The van der Waals surface area contributed by atoms with Crippen molar-refractivity contribution in [3.63, 3.8) is 0 Å². The van der Waals surface area contributed by atoms with Crippen molar-refractivity contribution < 1.29 is 9.53 Å². The molecule has 0 heterocycles. The van der Waals surface area contributed by atoms with Crippen molar-refractivity contribution in [1.82, 2.24) is 4.90 Å². The van der Waals surface area contributed by atoms with Crippen LogP contribution in [0, 0.1) is 5.92 Å². The lowest BCUT2D eigenvalue weighted by atomic mass is 10.2. The predicted octanol–water partition coefficient (Wildman–Crippen LogP) is 1.28. The zero-order valence-corrected chi connectivity index (χ0v) is 8.75. The van der Waals surface area contributed by atoms with Gasteiger partial charge in [-0.2, -0.15) is 0 Å². The molecule has 1 aliphatic carbocycles. The lowest BCUT2D eigenvalue weighted by Gasteiger charge is -2.23. The summed E-state index contributed by atoms with van der Waals surface area (Å²) in [5.41, 5.74) is 0. The van der Waals surface area contributed by atoms with E-state index in [0.717, 1.165) is 6.54 Å². The fourth-order valence-electron chi connectivity index (χ4n) is 1.44. The minimum Gasteiger partial charge on any atom is -0.375 e. The maximum atomic E-state index is 11.6. The van der Waals surface area contributed by atoms with Crippen molar-refractivity contribution >= 4 is 5.91 Å². The highest BCUT2D eigenvalue weighted by Gasteiger charge is 2.32. The fourth-order valence-corrected chi connectivity index (χ4v) is 1.44. The molecule has 1 amide bonds. The lowest BCUT2D eigenvalue weighted by molar-refractivity contribution is -0.136. The first-order chi connectivity index (χ1) is 6.15. The summed E-state index contributed by atoms with van der Waals surface area (Å²) in [6, 6.07) is 0.505. The Labute approximate surface area is 80.1 Å². The van der Waals surface area contributed by atoms with E-state index < -0.39 is 0 Å². The van der Waals surface area contributed by atoms with Crippen LogP contribution in [-0.2, 0) is 9.53 Å². The molecule has 0 radical (unpaired) electrons. The molecular formula is C10H19NO2. The van der Waals surface area contributed by atoms with Crippen molar-refractivity contribution in [2.45, 2.75) is 32.7 Å². The molecule has 0 atom stereocenters. The molecule has 0 spiro atoms. The molecule has 1 rings (SSSR count). The fraction of sp³-hybridized carbons (Fsp3) is 0.900. The van der Waals surface area contributed by atoms with Gasteiger partial charge in [-0.15, -0.1) is 0 Å². The van der Waals surface area contributed by atoms with E-state index in [4.69, 9.17) is 4.74 Å². The van der Waals surface area contributed by atoms with Gasteiger partial charge < -0.3 is 9.64 Å². The summed E-state index contributed by atoms with van der Waals surface area (Å²) < 4.78 is 4.85. The van der Waals surface area contributed by atoms with Crippen LogP contribution in [0.1, 0.15) is 26.7 Å². The SMILES string of the molecule is COCC(=O)N(CC(C)C)C1CC1. The van der Waals surface area contributed by atoms with Gasteiger partial charge in [-0.05, 0) is 18.8 Å². The van der Waals surface area contributed by atoms with Gasteiger partial charge in [0.15, 0.2) is 0 Å². The zero-order chi connectivity index (χ0) is 9.84. The van der Waals surface area contributed by atoms with E-state index in [2.05, 4.69) is 13.8 Å². The third-order valence-corrected chi connectivity index (χ3v) is 2.14. The number of rotatable bonds is 5. The maximum Gasteiger partial charge on any atom is 0.248 e. The second-order valence-electron chi connectivity index (χ2n) is 4.10. The summed E-state index contributed by atoms with van der Waals surface area (Å²) in [6.07, 6.45) is 2.34. The minimum atomic E-state index is 0.138. The highest BCUT2D eigenvalue weighted by Crippen LogP contribution is 2.27. The number of methoxy groups -OCH3 is 1. The smallest absolute Gasteiger partial charge is 0.248 e. The van der Waals surface area contributed by atoms with Gasteiger partial charge >= 0.3 is 0 Å². The number of carbonyl (C=O) groups is 1. The topological polar surface area (TPSA) is 29.5 Å². The van der Waals surface area contributed by atoms with E-state index in [1.165, 1.54) is 12.8 Å². The van der Waals surface area contributed by atoms with Gasteiger partial charge in [0.1, 0.15) is 6.61 Å². The largest absolute Gasteiger partial charge is 0.375 e. The molecule has 1 saturated carbocycles. The zero-order valence-electron chi connectivity index (χ0n) is 8.75. The predicted molar refractivity (Wildman–Crippen MR) is 51.4 cm³/mol. The Hall–Kier alpha value is -0.570. The van der Waals surface area contributed by atoms with Crippen molar-refractivity contribution in [3.05, 3.63) is 0 Å². The number of ether oxygens (including phenoxy) is 1. The van der Waals surface area contributed by atoms with E-state index in [0.29, 0.717) is 12.0 Å². The van der Waals surface area contributed by atoms with Gasteiger partial charge in [0, 0.05) is 19.7 Å². The molecule has 13 heavy (non-hydrogen) atoms. The third kappa shape index (κ3) is 3.35. The van der Waals surface area contributed by atoms with Crippen LogP contribution in [0.15, 0.2) is 0 Å². The van der Waals surface area contributed by atoms with Crippen LogP contribution in [0.4, 0.5) is 0 Å². The molecule has 3 nitrogen and oxygen atoms in total. The molecule has 0 aliphatic heterocycles. The van der Waals surface area contributed by atoms with Gasteiger partial charge in [0.25, 0.3) is 0 Å². The summed E-state index contributed by atoms with van der Waals surface area (Å²) in [6.45, 7) is 5.36. The van der Waals surface area contributed by atoms with Crippen molar-refractivity contribution in [2.75, 3.05) is 20.3 Å². The highest BCUT2D eigenvalue weighted by atomic mass is 16.5. The molecule has 0 unspecified atom stereocenters. The molecule has 0 saturated heterocycles. The van der Waals surface area contributed by atoms with E-state index >= 15 is 0 Å². The van der Waals surface area contributed by atoms with Gasteiger partial charge in [0.2, 0.25) is 5.91 Å². The first-order valence-corrected chi connectivity index (χ1v) is 4.93. The molecule has 0 N–H and O–H groups in total. The summed E-state index contributed by atoms with van der Waals surface area (Å²) in [5, 5.41) is 0. The van der Waals surface area contributed by atoms with Crippen LogP contribution >= 0.6 is 0 Å². The first kappa shape index (κ1) is 10.5. The Kier molecular flexibility index (Phi) is 3.72. The number of amides is 1. The molecule has 3 heteroatoms. The number of hydrogen-bond donors (Lipinski definition) is 0. The van der Waals surface area contributed by atoms with Crippen LogP contribution in [-0.4, -0.2) is 37.1 Å². The summed E-state index contributed by atoms with van der Waals surface area (Å²) in [4.78, 5) is 13.5. The van der Waals surface area contributed by atoms with Crippen LogP contribution in [0.5, 0.6) is 0 Å². The highest BCUT2D eigenvalue weighted by molar-refractivity contribution is 5.78. The van der Waals surface area contributed by atoms with E-state index in [-0.39, 0.29) is 12.5 Å². The van der Waals surface area contributed by atoms with Gasteiger partial charge in [-0.1, -0.05) is 13.8 Å². The Morgan fingerprint density at radius 1 is 1.54 bits per heavy atom. The molecule has 0 aromatic carbocycles. The van der Waals surface area contributed by atoms with Gasteiger partial charge in [0.05, 0.1) is 0 Å². The van der Waals surface area contributed by atoms with Crippen LogP contribution in [0.25, 0.3) is 0 Å². The number of carbonyl (C=O) groups excluding carboxylic acids is 1. The lowest BCUT2D eigenvalue weighted by Crippen LogP contribution is -2.38. The minimum absolute atomic E-state index is 0.138. The van der Waals surface area contributed by atoms with Crippen molar-refractivity contribution in [3.8, 4) is 0 Å². The summed E-state index contributed by atoms with van der Waals surface area (Å²) in [7, 11) is 1.57. The second-order valence-corrected chi connectivity index (χ2v) is 4.10. The van der Waals surface area contributed by atoms with Crippen molar-refractivity contribution in [1.29, 1.82) is 0 Å². The van der Waals surface area contributed by atoms with Gasteiger partial charge in [-0.3, -0.25) is 4.79 Å². The normalized spacial score (nSPS) is 16.3. The van der Waals surface area contributed by atoms with E-state index in [9.17, 15) is 4.79 Å². The van der Waals surface area contributed by atoms with Crippen LogP contribution in [0.3, 0.4) is 0 Å². The molecule has 1 aliphatic rings. The molecule has 0 aromatic heterocycles. The first-order valence-electron chi connectivity index (χ1n) is 4.93. The molecular weight excluding hydrogens is 166 g/mol. The number of nitrogens with zero attached hydrogens (tertiary/aromatic N) is 1. The second kappa shape index (κ2) is 4.61. The van der Waals surface area contributed by atoms with E-state index in [1.807, 2.05) is 4.90 Å². The molecule has 76 valence electrons. The Morgan fingerprint density at radius 2 is 2.15 bits per heavy atom. The monoisotopic (exact) mass is 185 g/mol. The maximum absolute atomic E-state index is 11.6. The Bertz CT molecular complexity index is 176. The standard InChI is InChI=1S/C10H19NO2/c1-8(2)6-11(9-4-5-9)10(12)7-13-3/h8-9H,4-7H2,1-3H3.